The highest BCUT2D eigenvalue weighted by Crippen LogP contribution is 2.25. The summed E-state index contributed by atoms with van der Waals surface area (Å²) in [5.41, 5.74) is 0.120. The number of piperidine rings is 1. The van der Waals surface area contributed by atoms with Crippen molar-refractivity contribution in [2.24, 2.45) is 5.92 Å². The quantitative estimate of drug-likeness (QED) is 0.798. The molecule has 1 aromatic rings. The number of amides is 1. The van der Waals surface area contributed by atoms with Gasteiger partial charge in [0, 0.05) is 19.2 Å². The van der Waals surface area contributed by atoms with Crippen LogP contribution in [-0.2, 0) is 0 Å². The first-order valence-corrected chi connectivity index (χ1v) is 6.34. The summed E-state index contributed by atoms with van der Waals surface area (Å²) in [5, 5.41) is 9.51. The van der Waals surface area contributed by atoms with E-state index in [0.29, 0.717) is 19.0 Å². The van der Waals surface area contributed by atoms with Gasteiger partial charge in [0.2, 0.25) is 0 Å². The van der Waals surface area contributed by atoms with E-state index in [1.165, 1.54) is 6.07 Å². The van der Waals surface area contributed by atoms with E-state index in [2.05, 4.69) is 6.92 Å². The fourth-order valence-electron chi connectivity index (χ4n) is 2.06. The topological polar surface area (TPSA) is 40.5 Å². The van der Waals surface area contributed by atoms with Crippen LogP contribution in [0.2, 0.25) is 0 Å². The second-order valence-corrected chi connectivity index (χ2v) is 5.26. The Labute approximate surface area is 110 Å². The molecule has 0 saturated carbocycles. The van der Waals surface area contributed by atoms with Gasteiger partial charge in [-0.15, -0.1) is 11.6 Å². The number of nitrogens with zero attached hydrogens (tertiary/aromatic N) is 1. The van der Waals surface area contributed by atoms with Gasteiger partial charge in [-0.25, -0.2) is 4.39 Å². The normalized spacial score (nSPS) is 24.1. The van der Waals surface area contributed by atoms with Crippen LogP contribution in [0, 0.1) is 11.7 Å². The smallest absolute Gasteiger partial charge is 0.257 e. The molecule has 18 heavy (non-hydrogen) atoms. The zero-order valence-corrected chi connectivity index (χ0v) is 10.8. The number of likely N-dealkylation sites (tertiary alicyclic amines) is 1. The first-order chi connectivity index (χ1) is 8.49. The van der Waals surface area contributed by atoms with Crippen LogP contribution in [-0.4, -0.2) is 34.4 Å². The number of halogens is 2. The molecule has 0 radical (unpaired) electrons. The number of phenolic OH excluding ortho intramolecular Hbond substituents is 1. The molecule has 2 unspecified atom stereocenters. The van der Waals surface area contributed by atoms with E-state index in [1.807, 2.05) is 0 Å². The molecule has 1 amide bonds. The number of hydrogen-bond donors (Lipinski definition) is 1. The monoisotopic (exact) mass is 271 g/mol. The van der Waals surface area contributed by atoms with Crippen LogP contribution in [0.5, 0.6) is 5.75 Å². The summed E-state index contributed by atoms with van der Waals surface area (Å²) in [6.45, 7) is 3.12. The van der Waals surface area contributed by atoms with Crippen LogP contribution in [0.1, 0.15) is 23.7 Å². The van der Waals surface area contributed by atoms with Gasteiger partial charge in [0.25, 0.3) is 5.91 Å². The molecule has 1 saturated heterocycles. The van der Waals surface area contributed by atoms with Crippen molar-refractivity contribution >= 4 is 17.5 Å². The van der Waals surface area contributed by atoms with Gasteiger partial charge >= 0.3 is 0 Å². The fraction of sp³-hybridized carbons (Fsp3) is 0.462. The van der Waals surface area contributed by atoms with Gasteiger partial charge < -0.3 is 10.0 Å². The maximum absolute atomic E-state index is 12.9. The van der Waals surface area contributed by atoms with Crippen LogP contribution in [0.15, 0.2) is 18.2 Å². The third kappa shape index (κ3) is 2.58. The molecule has 98 valence electrons. The highest BCUT2D eigenvalue weighted by atomic mass is 35.5. The van der Waals surface area contributed by atoms with E-state index in [1.54, 1.807) is 4.90 Å². The van der Waals surface area contributed by atoms with Crippen molar-refractivity contribution in [1.82, 2.24) is 4.90 Å². The summed E-state index contributed by atoms with van der Waals surface area (Å²) < 4.78 is 12.9. The first-order valence-electron chi connectivity index (χ1n) is 5.91. The van der Waals surface area contributed by atoms with Crippen LogP contribution in [0.25, 0.3) is 0 Å². The van der Waals surface area contributed by atoms with E-state index < -0.39 is 5.82 Å². The minimum atomic E-state index is -0.563. The lowest BCUT2D eigenvalue weighted by Crippen LogP contribution is -2.43. The second-order valence-electron chi connectivity index (χ2n) is 4.69. The average Bonchev–Trinajstić information content (AvgIpc) is 2.32. The lowest BCUT2D eigenvalue weighted by molar-refractivity contribution is 0.0698. The van der Waals surface area contributed by atoms with Crippen molar-refractivity contribution in [3.05, 3.63) is 29.6 Å². The molecular formula is C13H15ClFNO2. The molecule has 1 aliphatic heterocycles. The Hall–Kier alpha value is -1.29. The molecule has 0 bridgehead atoms. The Bertz CT molecular complexity index is 466. The maximum Gasteiger partial charge on any atom is 0.257 e. The summed E-state index contributed by atoms with van der Waals surface area (Å²) in [6.07, 6.45) is 0.835. The summed E-state index contributed by atoms with van der Waals surface area (Å²) in [7, 11) is 0. The predicted molar refractivity (Wildman–Crippen MR) is 67.4 cm³/mol. The number of alkyl halides is 1. The van der Waals surface area contributed by atoms with Crippen LogP contribution in [0.4, 0.5) is 4.39 Å². The largest absolute Gasteiger partial charge is 0.507 e. The van der Waals surface area contributed by atoms with E-state index in [9.17, 15) is 14.3 Å². The molecule has 1 heterocycles. The van der Waals surface area contributed by atoms with Crippen molar-refractivity contribution in [1.29, 1.82) is 0 Å². The molecular weight excluding hydrogens is 257 g/mol. The van der Waals surface area contributed by atoms with Gasteiger partial charge in [0.1, 0.15) is 11.6 Å². The molecule has 0 aromatic heterocycles. The van der Waals surface area contributed by atoms with Crippen molar-refractivity contribution in [3.8, 4) is 5.75 Å². The second kappa shape index (κ2) is 5.14. The Morgan fingerprint density at radius 2 is 2.28 bits per heavy atom. The number of rotatable bonds is 1. The number of hydrogen-bond acceptors (Lipinski definition) is 2. The third-order valence-electron chi connectivity index (χ3n) is 3.34. The van der Waals surface area contributed by atoms with Gasteiger partial charge in [0.15, 0.2) is 0 Å². The molecule has 5 heteroatoms. The van der Waals surface area contributed by atoms with Gasteiger partial charge in [-0.2, -0.15) is 0 Å². The molecule has 2 atom stereocenters. The highest BCUT2D eigenvalue weighted by molar-refractivity contribution is 6.21. The Kier molecular flexibility index (Phi) is 3.76. The average molecular weight is 272 g/mol. The van der Waals surface area contributed by atoms with Gasteiger partial charge in [-0.05, 0) is 24.5 Å². The standard InChI is InChI=1S/C13H15ClFNO2/c1-8-4-5-16(7-11(8)14)13(18)10-3-2-9(15)6-12(10)17/h2-3,6,8,11,17H,4-5,7H2,1H3. The Morgan fingerprint density at radius 1 is 1.56 bits per heavy atom. The van der Waals surface area contributed by atoms with E-state index in [4.69, 9.17) is 11.6 Å². The molecule has 1 N–H and O–H groups in total. The zero-order chi connectivity index (χ0) is 13.3. The minimum absolute atomic E-state index is 0.0784. The summed E-state index contributed by atoms with van der Waals surface area (Å²) in [4.78, 5) is 13.8. The SMILES string of the molecule is CC1CCN(C(=O)c2ccc(F)cc2O)CC1Cl. The first kappa shape index (κ1) is 13.1. The lowest BCUT2D eigenvalue weighted by atomic mass is 9.98. The number of aromatic hydroxyl groups is 1. The number of phenols is 1. The zero-order valence-electron chi connectivity index (χ0n) is 10.1. The van der Waals surface area contributed by atoms with Crippen molar-refractivity contribution in [3.63, 3.8) is 0 Å². The summed E-state index contributed by atoms with van der Waals surface area (Å²) >= 11 is 6.14. The molecule has 3 nitrogen and oxygen atoms in total. The minimum Gasteiger partial charge on any atom is -0.507 e. The molecule has 0 spiro atoms. The summed E-state index contributed by atoms with van der Waals surface area (Å²) in [5.74, 6) is -0.820. The Balaban J connectivity index is 2.16. The molecule has 1 fully saturated rings. The lowest BCUT2D eigenvalue weighted by Gasteiger charge is -2.34. The Morgan fingerprint density at radius 3 is 2.89 bits per heavy atom. The fourth-order valence-corrected chi connectivity index (χ4v) is 2.36. The summed E-state index contributed by atoms with van der Waals surface area (Å²) in [6, 6.07) is 3.41. The van der Waals surface area contributed by atoms with Crippen LogP contribution in [0.3, 0.4) is 0 Å². The van der Waals surface area contributed by atoms with Gasteiger partial charge in [-0.3, -0.25) is 4.79 Å². The van der Waals surface area contributed by atoms with E-state index >= 15 is 0 Å². The van der Waals surface area contributed by atoms with Crippen LogP contribution >= 0.6 is 11.6 Å². The van der Waals surface area contributed by atoms with E-state index in [0.717, 1.165) is 18.6 Å². The number of carbonyl (C=O) groups excluding carboxylic acids is 1. The number of benzene rings is 1. The van der Waals surface area contributed by atoms with Crippen molar-refractivity contribution in [2.45, 2.75) is 18.7 Å². The highest BCUT2D eigenvalue weighted by Gasteiger charge is 2.28. The third-order valence-corrected chi connectivity index (χ3v) is 3.91. The predicted octanol–water partition coefficient (Wildman–Crippen LogP) is 2.62. The molecule has 0 aliphatic carbocycles. The molecule has 1 aliphatic rings. The van der Waals surface area contributed by atoms with Crippen molar-refractivity contribution in [2.75, 3.05) is 13.1 Å². The maximum atomic E-state index is 12.9. The van der Waals surface area contributed by atoms with Gasteiger partial charge in [-0.1, -0.05) is 6.92 Å². The van der Waals surface area contributed by atoms with Crippen LogP contribution < -0.4 is 0 Å². The molecule has 1 aromatic carbocycles. The number of carbonyl (C=O) groups is 1. The van der Waals surface area contributed by atoms with E-state index in [-0.39, 0.29) is 22.6 Å². The van der Waals surface area contributed by atoms with Gasteiger partial charge in [0.05, 0.1) is 10.9 Å². The molecule has 2 rings (SSSR count). The van der Waals surface area contributed by atoms with Crippen molar-refractivity contribution < 1.29 is 14.3 Å².